The molecular formula is C14H22FNO2. The molecule has 4 heteroatoms. The molecule has 0 spiro atoms. The van der Waals surface area contributed by atoms with Crippen molar-refractivity contribution in [1.29, 1.82) is 0 Å². The summed E-state index contributed by atoms with van der Waals surface area (Å²) in [6.45, 7) is 8.60. The van der Waals surface area contributed by atoms with Gasteiger partial charge >= 0.3 is 0 Å². The van der Waals surface area contributed by atoms with Crippen molar-refractivity contribution in [2.24, 2.45) is 5.73 Å². The molecule has 1 atom stereocenters. The lowest BCUT2D eigenvalue weighted by molar-refractivity contribution is -0.0164. The van der Waals surface area contributed by atoms with Crippen LogP contribution in [0.1, 0.15) is 39.3 Å². The van der Waals surface area contributed by atoms with Crippen LogP contribution in [-0.4, -0.2) is 18.8 Å². The SMILES string of the molecule is CC(N)c1ccc(F)cc1OCCOC(C)(C)C. The molecule has 1 rings (SSSR count). The van der Waals surface area contributed by atoms with Crippen LogP contribution < -0.4 is 10.5 Å². The van der Waals surface area contributed by atoms with Crippen LogP contribution in [0.3, 0.4) is 0 Å². The van der Waals surface area contributed by atoms with Crippen LogP contribution >= 0.6 is 0 Å². The van der Waals surface area contributed by atoms with E-state index in [0.29, 0.717) is 19.0 Å². The summed E-state index contributed by atoms with van der Waals surface area (Å²) in [5.74, 6) is 0.161. The highest BCUT2D eigenvalue weighted by molar-refractivity contribution is 5.36. The van der Waals surface area contributed by atoms with Crippen molar-refractivity contribution < 1.29 is 13.9 Å². The minimum Gasteiger partial charge on any atom is -0.491 e. The molecule has 0 aliphatic heterocycles. The van der Waals surface area contributed by atoms with E-state index in [9.17, 15) is 4.39 Å². The number of rotatable bonds is 5. The van der Waals surface area contributed by atoms with E-state index in [1.54, 1.807) is 6.07 Å². The van der Waals surface area contributed by atoms with Gasteiger partial charge in [-0.05, 0) is 33.8 Å². The zero-order valence-corrected chi connectivity index (χ0v) is 11.5. The van der Waals surface area contributed by atoms with E-state index in [-0.39, 0.29) is 17.5 Å². The van der Waals surface area contributed by atoms with Gasteiger partial charge < -0.3 is 15.2 Å². The molecule has 2 N–H and O–H groups in total. The molecule has 3 nitrogen and oxygen atoms in total. The zero-order chi connectivity index (χ0) is 13.8. The Bertz CT molecular complexity index is 386. The quantitative estimate of drug-likeness (QED) is 0.822. The summed E-state index contributed by atoms with van der Waals surface area (Å²) in [7, 11) is 0. The first-order chi connectivity index (χ1) is 8.29. The van der Waals surface area contributed by atoms with E-state index in [4.69, 9.17) is 15.2 Å². The third kappa shape index (κ3) is 5.02. The first-order valence-electron chi connectivity index (χ1n) is 6.11. The molecule has 102 valence electrons. The van der Waals surface area contributed by atoms with Gasteiger partial charge in [0.2, 0.25) is 0 Å². The summed E-state index contributed by atoms with van der Waals surface area (Å²) in [5, 5.41) is 0. The second-order valence-corrected chi connectivity index (χ2v) is 5.28. The summed E-state index contributed by atoms with van der Waals surface area (Å²) in [6.07, 6.45) is 0. The van der Waals surface area contributed by atoms with Crippen molar-refractivity contribution in [2.75, 3.05) is 13.2 Å². The topological polar surface area (TPSA) is 44.5 Å². The van der Waals surface area contributed by atoms with Gasteiger partial charge in [-0.1, -0.05) is 6.07 Å². The largest absolute Gasteiger partial charge is 0.491 e. The van der Waals surface area contributed by atoms with Gasteiger partial charge in [0.1, 0.15) is 18.2 Å². The normalized spacial score (nSPS) is 13.4. The molecule has 0 aromatic heterocycles. The standard InChI is InChI=1S/C14H22FNO2/c1-10(16)12-6-5-11(15)9-13(12)17-7-8-18-14(2,3)4/h5-6,9-10H,7-8,16H2,1-4H3. The van der Waals surface area contributed by atoms with Gasteiger partial charge in [0, 0.05) is 17.7 Å². The predicted octanol–water partition coefficient (Wildman–Crippen LogP) is 3.04. The molecule has 0 aliphatic rings. The minimum atomic E-state index is -0.328. The monoisotopic (exact) mass is 255 g/mol. The molecule has 0 amide bonds. The lowest BCUT2D eigenvalue weighted by Crippen LogP contribution is -2.22. The van der Waals surface area contributed by atoms with Crippen LogP contribution in [0, 0.1) is 5.82 Å². The first kappa shape index (κ1) is 14.9. The highest BCUT2D eigenvalue weighted by atomic mass is 19.1. The Morgan fingerprint density at radius 1 is 1.28 bits per heavy atom. The number of benzene rings is 1. The molecular weight excluding hydrogens is 233 g/mol. The van der Waals surface area contributed by atoms with Gasteiger partial charge in [-0.3, -0.25) is 0 Å². The van der Waals surface area contributed by atoms with Gasteiger partial charge in [0.15, 0.2) is 0 Å². The third-order valence-electron chi connectivity index (χ3n) is 2.34. The molecule has 0 fully saturated rings. The van der Waals surface area contributed by atoms with Crippen molar-refractivity contribution in [3.05, 3.63) is 29.6 Å². The average molecular weight is 255 g/mol. The summed E-state index contributed by atoms with van der Waals surface area (Å²) in [5.41, 5.74) is 6.40. The van der Waals surface area contributed by atoms with E-state index in [0.717, 1.165) is 5.56 Å². The van der Waals surface area contributed by atoms with E-state index in [1.165, 1.54) is 12.1 Å². The van der Waals surface area contributed by atoms with E-state index < -0.39 is 0 Å². The second-order valence-electron chi connectivity index (χ2n) is 5.28. The minimum absolute atomic E-state index is 0.191. The number of hydrogen-bond acceptors (Lipinski definition) is 3. The van der Waals surface area contributed by atoms with Crippen LogP contribution in [0.2, 0.25) is 0 Å². The van der Waals surface area contributed by atoms with Crippen molar-refractivity contribution in [3.8, 4) is 5.75 Å². The molecule has 0 heterocycles. The first-order valence-corrected chi connectivity index (χ1v) is 6.11. The molecule has 1 aromatic rings. The zero-order valence-electron chi connectivity index (χ0n) is 11.5. The number of hydrogen-bond donors (Lipinski definition) is 1. The van der Waals surface area contributed by atoms with Crippen molar-refractivity contribution in [2.45, 2.75) is 39.3 Å². The second kappa shape index (κ2) is 6.16. The van der Waals surface area contributed by atoms with Crippen molar-refractivity contribution in [3.63, 3.8) is 0 Å². The van der Waals surface area contributed by atoms with Crippen LogP contribution in [0.25, 0.3) is 0 Å². The van der Waals surface area contributed by atoms with Gasteiger partial charge in [-0.25, -0.2) is 4.39 Å². The van der Waals surface area contributed by atoms with E-state index in [1.807, 2.05) is 27.7 Å². The molecule has 0 saturated carbocycles. The number of ether oxygens (including phenoxy) is 2. The van der Waals surface area contributed by atoms with Crippen LogP contribution in [0.4, 0.5) is 4.39 Å². The maximum absolute atomic E-state index is 13.2. The maximum Gasteiger partial charge on any atom is 0.127 e. The number of nitrogens with two attached hydrogens (primary N) is 1. The molecule has 0 saturated heterocycles. The Morgan fingerprint density at radius 2 is 1.94 bits per heavy atom. The van der Waals surface area contributed by atoms with E-state index >= 15 is 0 Å². The molecule has 1 unspecified atom stereocenters. The maximum atomic E-state index is 13.2. The molecule has 18 heavy (non-hydrogen) atoms. The fraction of sp³-hybridized carbons (Fsp3) is 0.571. The highest BCUT2D eigenvalue weighted by Crippen LogP contribution is 2.24. The van der Waals surface area contributed by atoms with Crippen LogP contribution in [0.5, 0.6) is 5.75 Å². The Kier molecular flexibility index (Phi) is 5.11. The fourth-order valence-electron chi connectivity index (χ4n) is 1.51. The Morgan fingerprint density at radius 3 is 2.50 bits per heavy atom. The molecule has 0 bridgehead atoms. The Balaban J connectivity index is 2.58. The van der Waals surface area contributed by atoms with Gasteiger partial charge in [0.05, 0.1) is 12.2 Å². The highest BCUT2D eigenvalue weighted by Gasteiger charge is 2.11. The Hall–Kier alpha value is -1.13. The van der Waals surface area contributed by atoms with Gasteiger partial charge in [-0.2, -0.15) is 0 Å². The van der Waals surface area contributed by atoms with Gasteiger partial charge in [-0.15, -0.1) is 0 Å². The molecule has 0 radical (unpaired) electrons. The fourth-order valence-corrected chi connectivity index (χ4v) is 1.51. The lowest BCUT2D eigenvalue weighted by atomic mass is 10.1. The summed E-state index contributed by atoms with van der Waals surface area (Å²) in [4.78, 5) is 0. The van der Waals surface area contributed by atoms with Crippen molar-refractivity contribution >= 4 is 0 Å². The van der Waals surface area contributed by atoms with Gasteiger partial charge in [0.25, 0.3) is 0 Å². The van der Waals surface area contributed by atoms with E-state index in [2.05, 4.69) is 0 Å². The summed E-state index contributed by atoms with van der Waals surface area (Å²) >= 11 is 0. The molecule has 0 aliphatic carbocycles. The number of halogens is 1. The average Bonchev–Trinajstić information content (AvgIpc) is 2.22. The Labute approximate surface area is 108 Å². The van der Waals surface area contributed by atoms with Crippen LogP contribution in [0.15, 0.2) is 18.2 Å². The smallest absolute Gasteiger partial charge is 0.127 e. The lowest BCUT2D eigenvalue weighted by Gasteiger charge is -2.20. The summed E-state index contributed by atoms with van der Waals surface area (Å²) in [6, 6.07) is 4.21. The molecule has 1 aromatic carbocycles. The van der Waals surface area contributed by atoms with Crippen LogP contribution in [-0.2, 0) is 4.74 Å². The third-order valence-corrected chi connectivity index (χ3v) is 2.34. The van der Waals surface area contributed by atoms with Crippen molar-refractivity contribution in [1.82, 2.24) is 0 Å². The predicted molar refractivity (Wildman–Crippen MR) is 70.2 cm³/mol. The summed E-state index contributed by atoms with van der Waals surface area (Å²) < 4.78 is 24.2.